The molecule has 0 aromatic heterocycles. The highest BCUT2D eigenvalue weighted by atomic mass is 16.5. The standard InChI is InChI=1S/C20H27NO7/c1-24-8-9-27-13-18(23)21-6-4-20(5-7-21)12-15(22)19-16(26-3)10-14(25-2)11-17(19)28-20/h10-11H,4-9,12-13H2,1-3H3. The molecule has 3 rings (SSSR count). The maximum absolute atomic E-state index is 12.8. The zero-order chi connectivity index (χ0) is 20.1. The lowest BCUT2D eigenvalue weighted by Crippen LogP contribution is -2.52. The Balaban J connectivity index is 1.66. The van der Waals surface area contributed by atoms with Crippen LogP contribution >= 0.6 is 0 Å². The number of methoxy groups -OCH3 is 3. The number of nitrogens with zero attached hydrogens (tertiary/aromatic N) is 1. The minimum atomic E-state index is -0.602. The van der Waals surface area contributed by atoms with Crippen molar-refractivity contribution >= 4 is 11.7 Å². The number of amides is 1. The summed E-state index contributed by atoms with van der Waals surface area (Å²) in [7, 11) is 4.66. The number of benzene rings is 1. The van der Waals surface area contributed by atoms with Gasteiger partial charge in [-0.25, -0.2) is 0 Å². The molecule has 0 aliphatic carbocycles. The average Bonchev–Trinajstić information content (AvgIpc) is 2.70. The van der Waals surface area contributed by atoms with Crippen molar-refractivity contribution in [3.63, 3.8) is 0 Å². The topological polar surface area (TPSA) is 83.5 Å². The number of carbonyl (C=O) groups excluding carboxylic acids is 2. The van der Waals surface area contributed by atoms with Gasteiger partial charge in [0.15, 0.2) is 5.78 Å². The Bertz CT molecular complexity index is 726. The number of ketones is 1. The van der Waals surface area contributed by atoms with Crippen molar-refractivity contribution in [3.05, 3.63) is 17.7 Å². The third-order valence-electron chi connectivity index (χ3n) is 5.27. The van der Waals surface area contributed by atoms with Gasteiger partial charge >= 0.3 is 0 Å². The highest BCUT2D eigenvalue weighted by molar-refractivity contribution is 6.03. The maximum Gasteiger partial charge on any atom is 0.248 e. The van der Waals surface area contributed by atoms with Crippen molar-refractivity contribution in [3.8, 4) is 17.2 Å². The Morgan fingerprint density at radius 3 is 2.54 bits per heavy atom. The molecule has 1 saturated heterocycles. The fraction of sp³-hybridized carbons (Fsp3) is 0.600. The van der Waals surface area contributed by atoms with Crippen LogP contribution in [-0.2, 0) is 14.3 Å². The van der Waals surface area contributed by atoms with Gasteiger partial charge in [0, 0.05) is 45.2 Å². The molecule has 1 amide bonds. The fourth-order valence-corrected chi connectivity index (χ4v) is 3.69. The van der Waals surface area contributed by atoms with Crippen LogP contribution in [0.3, 0.4) is 0 Å². The maximum atomic E-state index is 12.8. The molecule has 1 spiro atoms. The zero-order valence-corrected chi connectivity index (χ0v) is 16.6. The molecule has 0 bridgehead atoms. The van der Waals surface area contributed by atoms with E-state index in [0.717, 1.165) is 0 Å². The Kier molecular flexibility index (Phi) is 6.41. The quantitative estimate of drug-likeness (QED) is 0.652. The smallest absolute Gasteiger partial charge is 0.248 e. The Hall–Kier alpha value is -2.32. The normalized spacial score (nSPS) is 17.8. The van der Waals surface area contributed by atoms with Crippen LogP contribution in [0.2, 0.25) is 0 Å². The lowest BCUT2D eigenvalue weighted by molar-refractivity contribution is -0.140. The van der Waals surface area contributed by atoms with Gasteiger partial charge in [-0.15, -0.1) is 0 Å². The molecule has 0 saturated carbocycles. The van der Waals surface area contributed by atoms with E-state index in [-0.39, 0.29) is 24.7 Å². The molecule has 8 heteroatoms. The third-order valence-corrected chi connectivity index (χ3v) is 5.27. The van der Waals surface area contributed by atoms with Crippen molar-refractivity contribution in [2.75, 3.05) is 54.2 Å². The van der Waals surface area contributed by atoms with E-state index in [4.69, 9.17) is 23.7 Å². The first kappa shape index (κ1) is 20.4. The van der Waals surface area contributed by atoms with Gasteiger partial charge < -0.3 is 28.6 Å². The molecule has 0 unspecified atom stereocenters. The van der Waals surface area contributed by atoms with Crippen molar-refractivity contribution in [2.45, 2.75) is 24.9 Å². The number of fused-ring (bicyclic) bond motifs is 1. The van der Waals surface area contributed by atoms with Crippen LogP contribution in [-0.4, -0.2) is 76.4 Å². The number of hydrogen-bond donors (Lipinski definition) is 0. The van der Waals surface area contributed by atoms with E-state index in [1.54, 1.807) is 31.3 Å². The number of hydrogen-bond acceptors (Lipinski definition) is 7. The summed E-state index contributed by atoms with van der Waals surface area (Å²) in [6, 6.07) is 3.40. The molecule has 1 aromatic rings. The van der Waals surface area contributed by atoms with Crippen molar-refractivity contribution in [2.24, 2.45) is 0 Å². The molecule has 0 N–H and O–H groups in total. The van der Waals surface area contributed by atoms with Gasteiger partial charge in [0.05, 0.1) is 33.9 Å². The van der Waals surface area contributed by atoms with Gasteiger partial charge in [0.2, 0.25) is 5.91 Å². The summed E-state index contributed by atoms with van der Waals surface area (Å²) >= 11 is 0. The second-order valence-corrected chi connectivity index (χ2v) is 7.01. The second-order valence-electron chi connectivity index (χ2n) is 7.01. The van der Waals surface area contributed by atoms with Crippen LogP contribution in [0, 0.1) is 0 Å². The highest BCUT2D eigenvalue weighted by Gasteiger charge is 2.44. The monoisotopic (exact) mass is 393 g/mol. The lowest BCUT2D eigenvalue weighted by atomic mass is 9.82. The molecular formula is C20H27NO7. The van der Waals surface area contributed by atoms with Crippen molar-refractivity contribution < 1.29 is 33.3 Å². The van der Waals surface area contributed by atoms with Crippen molar-refractivity contribution in [1.82, 2.24) is 4.90 Å². The van der Waals surface area contributed by atoms with E-state index < -0.39 is 5.60 Å². The van der Waals surface area contributed by atoms with E-state index in [1.807, 2.05) is 0 Å². The SMILES string of the molecule is COCCOCC(=O)N1CCC2(CC1)CC(=O)c1c(OC)cc(OC)cc1O2. The minimum Gasteiger partial charge on any atom is -0.496 e. The lowest BCUT2D eigenvalue weighted by Gasteiger charge is -2.44. The summed E-state index contributed by atoms with van der Waals surface area (Å²) in [5.74, 6) is 1.44. The van der Waals surface area contributed by atoms with Gasteiger partial charge in [-0.3, -0.25) is 9.59 Å². The van der Waals surface area contributed by atoms with Crippen LogP contribution < -0.4 is 14.2 Å². The molecule has 2 heterocycles. The molecule has 0 atom stereocenters. The average molecular weight is 393 g/mol. The van der Waals surface area contributed by atoms with E-state index in [9.17, 15) is 9.59 Å². The molecule has 1 aromatic carbocycles. The number of likely N-dealkylation sites (tertiary alicyclic amines) is 1. The van der Waals surface area contributed by atoms with Gasteiger partial charge in [0.25, 0.3) is 0 Å². The van der Waals surface area contributed by atoms with Crippen LogP contribution in [0.15, 0.2) is 12.1 Å². The Morgan fingerprint density at radius 2 is 1.89 bits per heavy atom. The molecule has 154 valence electrons. The summed E-state index contributed by atoms with van der Waals surface area (Å²) < 4.78 is 27.1. The summed E-state index contributed by atoms with van der Waals surface area (Å²) in [4.78, 5) is 26.9. The van der Waals surface area contributed by atoms with E-state index in [0.29, 0.717) is 62.0 Å². The molecule has 2 aliphatic rings. The van der Waals surface area contributed by atoms with E-state index in [2.05, 4.69) is 0 Å². The van der Waals surface area contributed by atoms with Crippen LogP contribution in [0.4, 0.5) is 0 Å². The van der Waals surface area contributed by atoms with Crippen LogP contribution in [0.5, 0.6) is 17.2 Å². The summed E-state index contributed by atoms with van der Waals surface area (Å²) in [6.45, 7) is 1.93. The number of rotatable bonds is 7. The number of Topliss-reactive ketones (excluding diaryl/α,β-unsaturated/α-hetero) is 1. The van der Waals surface area contributed by atoms with E-state index in [1.165, 1.54) is 7.11 Å². The Labute approximate surface area is 164 Å². The molecule has 0 radical (unpaired) electrons. The predicted molar refractivity (Wildman–Crippen MR) is 100 cm³/mol. The molecule has 2 aliphatic heterocycles. The molecule has 8 nitrogen and oxygen atoms in total. The predicted octanol–water partition coefficient (Wildman–Crippen LogP) is 1.69. The van der Waals surface area contributed by atoms with Gasteiger partial charge in [-0.05, 0) is 0 Å². The minimum absolute atomic E-state index is 0.0107. The molecule has 28 heavy (non-hydrogen) atoms. The zero-order valence-electron chi connectivity index (χ0n) is 16.6. The fourth-order valence-electron chi connectivity index (χ4n) is 3.69. The van der Waals surface area contributed by atoms with E-state index >= 15 is 0 Å². The first-order valence-electron chi connectivity index (χ1n) is 9.34. The summed E-state index contributed by atoms with van der Waals surface area (Å²) in [5, 5.41) is 0. The van der Waals surface area contributed by atoms with Gasteiger partial charge in [-0.2, -0.15) is 0 Å². The summed E-state index contributed by atoms with van der Waals surface area (Å²) in [5.41, 5.74) is -0.145. The molecular weight excluding hydrogens is 366 g/mol. The van der Waals surface area contributed by atoms with Crippen LogP contribution in [0.25, 0.3) is 0 Å². The van der Waals surface area contributed by atoms with Crippen LogP contribution in [0.1, 0.15) is 29.6 Å². The summed E-state index contributed by atoms with van der Waals surface area (Å²) in [6.07, 6.45) is 1.44. The third kappa shape index (κ3) is 4.23. The molecule has 1 fully saturated rings. The number of ether oxygens (including phenoxy) is 5. The van der Waals surface area contributed by atoms with Crippen molar-refractivity contribution in [1.29, 1.82) is 0 Å². The van der Waals surface area contributed by atoms with Gasteiger partial charge in [-0.1, -0.05) is 0 Å². The highest BCUT2D eigenvalue weighted by Crippen LogP contribution is 2.44. The second kappa shape index (κ2) is 8.79. The first-order valence-corrected chi connectivity index (χ1v) is 9.34. The first-order chi connectivity index (χ1) is 13.5. The van der Waals surface area contributed by atoms with Gasteiger partial charge in [0.1, 0.15) is 35.0 Å². The Morgan fingerprint density at radius 1 is 1.14 bits per heavy atom. The number of piperidine rings is 1. The largest absolute Gasteiger partial charge is 0.496 e. The number of carbonyl (C=O) groups is 2.